The molecule has 1 aromatic rings. The molecule has 1 N–H and O–H groups in total. The van der Waals surface area contributed by atoms with Crippen LogP contribution in [0.4, 0.5) is 0 Å². The number of rotatable bonds is 2. The van der Waals surface area contributed by atoms with Crippen molar-refractivity contribution in [1.29, 1.82) is 0 Å². The molecule has 0 unspecified atom stereocenters. The fourth-order valence-electron chi connectivity index (χ4n) is 0.832. The van der Waals surface area contributed by atoms with Crippen LogP contribution in [0, 0.1) is 0 Å². The topological polar surface area (TPSA) is 63.6 Å². The Labute approximate surface area is 110 Å². The monoisotopic (exact) mass is 230 g/mol. The second kappa shape index (κ2) is 5.17. The molecule has 70 valence electrons. The maximum atomic E-state index is 10.7. The van der Waals surface area contributed by atoms with Crippen LogP contribution < -0.4 is 4.74 Å². The Morgan fingerprint density at radius 2 is 1.92 bits per heavy atom. The molecule has 0 bridgehead atoms. The first kappa shape index (κ1) is 13.2. The van der Waals surface area contributed by atoms with Gasteiger partial charge in [-0.3, -0.25) is 4.55 Å². The van der Waals surface area contributed by atoms with Gasteiger partial charge < -0.3 is 7.59 Å². The largest absolute Gasteiger partial charge is 2.00 e. The molecule has 4 nitrogen and oxygen atoms in total. The van der Waals surface area contributed by atoms with Crippen molar-refractivity contribution in [3.63, 3.8) is 0 Å². The van der Waals surface area contributed by atoms with Crippen molar-refractivity contribution in [2.45, 2.75) is 4.90 Å². The molecule has 0 heterocycles. The Kier molecular flexibility index (Phi) is 5.24. The smallest absolute Gasteiger partial charge is 1.00 e. The van der Waals surface area contributed by atoms with Gasteiger partial charge in [-0.1, -0.05) is 12.1 Å². The molecule has 0 amide bonds. The number of hydrogen-bond donors (Lipinski definition) is 1. The third-order valence-corrected chi connectivity index (χ3v) is 2.24. The molecule has 6 heteroatoms. The average Bonchev–Trinajstić information content (AvgIpc) is 2.03. The van der Waals surface area contributed by atoms with Gasteiger partial charge in [0.15, 0.2) is 0 Å². The van der Waals surface area contributed by atoms with Gasteiger partial charge in [0.2, 0.25) is 0 Å². The molecule has 0 atom stereocenters. The predicted octanol–water partition coefficient (Wildman–Crippen LogP) is 0.786. The van der Waals surface area contributed by atoms with E-state index < -0.39 is 10.1 Å². The minimum absolute atomic E-state index is 0. The van der Waals surface area contributed by atoms with E-state index in [0.717, 1.165) is 0 Å². The zero-order chi connectivity index (χ0) is 9.19. The molecule has 0 saturated heterocycles. The molecule has 0 aromatic heterocycles. The van der Waals surface area contributed by atoms with Crippen LogP contribution in [0.5, 0.6) is 5.75 Å². The average molecular weight is 230 g/mol. The molecule has 13 heavy (non-hydrogen) atoms. The van der Waals surface area contributed by atoms with Crippen molar-refractivity contribution in [3.05, 3.63) is 24.3 Å². The Balaban J connectivity index is -0.000000480. The van der Waals surface area contributed by atoms with E-state index in [1.54, 1.807) is 6.07 Å². The summed E-state index contributed by atoms with van der Waals surface area (Å²) in [6.07, 6.45) is 0. The van der Waals surface area contributed by atoms with Crippen LogP contribution >= 0.6 is 0 Å². The van der Waals surface area contributed by atoms with E-state index >= 15 is 0 Å². The van der Waals surface area contributed by atoms with Gasteiger partial charge in [0, 0.05) is 0 Å². The van der Waals surface area contributed by atoms with Gasteiger partial charge in [-0.25, -0.2) is 0 Å². The normalized spacial score (nSPS) is 10.3. The quantitative estimate of drug-likeness (QED) is 0.602. The van der Waals surface area contributed by atoms with Crippen molar-refractivity contribution in [2.24, 2.45) is 0 Å². The molecule has 0 spiro atoms. The summed E-state index contributed by atoms with van der Waals surface area (Å²) in [5.41, 5.74) is 0. The minimum atomic E-state index is -4.17. The summed E-state index contributed by atoms with van der Waals surface area (Å²) in [5, 5.41) is 0. The van der Waals surface area contributed by atoms with E-state index in [2.05, 4.69) is 0 Å². The van der Waals surface area contributed by atoms with Crippen LogP contribution in [-0.2, 0) is 10.1 Å². The van der Waals surface area contributed by atoms with E-state index in [0.29, 0.717) is 0 Å². The Morgan fingerprint density at radius 3 is 2.31 bits per heavy atom. The fraction of sp³-hybridized carbons (Fsp3) is 0.143. The number of benzene rings is 1. The van der Waals surface area contributed by atoms with Crippen LogP contribution in [0.15, 0.2) is 29.2 Å². The van der Waals surface area contributed by atoms with Crippen LogP contribution in [-0.4, -0.2) is 57.8 Å². The second-order valence-electron chi connectivity index (χ2n) is 2.13. The van der Waals surface area contributed by atoms with Crippen molar-refractivity contribution in [2.75, 3.05) is 7.11 Å². The predicted molar refractivity (Wildman–Crippen MR) is 50.8 cm³/mol. The summed E-state index contributed by atoms with van der Waals surface area (Å²) in [6, 6.07) is 5.86. The molecule has 0 aliphatic heterocycles. The number of methoxy groups -OCH3 is 1. The maximum absolute atomic E-state index is 10.7. The third kappa shape index (κ3) is 3.44. The first-order chi connectivity index (χ1) is 5.55. The van der Waals surface area contributed by atoms with E-state index in [1.807, 2.05) is 0 Å². The Hall–Kier alpha value is 0.190. The molecule has 1 rings (SSSR count). The van der Waals surface area contributed by atoms with Crippen LogP contribution in [0.2, 0.25) is 0 Å². The van der Waals surface area contributed by atoms with E-state index in [4.69, 9.17) is 9.29 Å². The Bertz CT molecular complexity index is 382. The van der Waals surface area contributed by atoms with E-state index in [1.165, 1.54) is 25.3 Å². The number of para-hydroxylation sites is 1. The van der Waals surface area contributed by atoms with Crippen molar-refractivity contribution >= 4 is 47.9 Å². The van der Waals surface area contributed by atoms with Gasteiger partial charge in [-0.15, -0.1) is 0 Å². The molecule has 0 fully saturated rings. The van der Waals surface area contributed by atoms with Crippen LogP contribution in [0.3, 0.4) is 0 Å². The maximum Gasteiger partial charge on any atom is 2.00 e. The molecule has 0 radical (unpaired) electrons. The second-order valence-corrected chi connectivity index (χ2v) is 3.52. The van der Waals surface area contributed by atoms with Gasteiger partial charge in [0.1, 0.15) is 10.6 Å². The number of hydrogen-bond acceptors (Lipinski definition) is 3. The SMILES string of the molecule is COc1ccccc1S(=O)(=O)O.[Ca+2].[H-].[H-]. The van der Waals surface area contributed by atoms with Crippen molar-refractivity contribution in [3.8, 4) is 5.75 Å². The standard InChI is InChI=1S/C7H8O4S.Ca.2H/c1-11-6-4-2-3-5-7(6)12(8,9)10;;;/h2-5H,1H3,(H,8,9,10);;;/q;+2;2*-1. The van der Waals surface area contributed by atoms with Gasteiger partial charge >= 0.3 is 37.7 Å². The van der Waals surface area contributed by atoms with Crippen LogP contribution in [0.1, 0.15) is 2.85 Å². The molecule has 0 saturated carbocycles. The first-order valence-electron chi connectivity index (χ1n) is 3.16. The number of ether oxygens (including phenoxy) is 1. The van der Waals surface area contributed by atoms with Crippen molar-refractivity contribution < 1.29 is 20.6 Å². The summed E-state index contributed by atoms with van der Waals surface area (Å²) in [6.45, 7) is 0. The zero-order valence-electron chi connectivity index (χ0n) is 9.10. The van der Waals surface area contributed by atoms with E-state index in [-0.39, 0.29) is 51.2 Å². The fourth-order valence-corrected chi connectivity index (χ4v) is 1.49. The molecular weight excluding hydrogens is 220 g/mol. The van der Waals surface area contributed by atoms with Crippen molar-refractivity contribution in [1.82, 2.24) is 0 Å². The van der Waals surface area contributed by atoms with E-state index in [9.17, 15) is 8.42 Å². The van der Waals surface area contributed by atoms with Crippen LogP contribution in [0.25, 0.3) is 0 Å². The summed E-state index contributed by atoms with van der Waals surface area (Å²) in [4.78, 5) is -0.215. The molecule has 0 aliphatic rings. The molecule has 1 aromatic carbocycles. The summed E-state index contributed by atoms with van der Waals surface area (Å²) in [5.74, 6) is 0.139. The summed E-state index contributed by atoms with van der Waals surface area (Å²) < 4.78 is 34.8. The van der Waals surface area contributed by atoms with Gasteiger partial charge in [0.25, 0.3) is 10.1 Å². The van der Waals surface area contributed by atoms with Gasteiger partial charge in [-0.05, 0) is 12.1 Å². The minimum Gasteiger partial charge on any atom is -1.00 e. The first-order valence-corrected chi connectivity index (χ1v) is 4.60. The summed E-state index contributed by atoms with van der Waals surface area (Å²) in [7, 11) is -2.83. The molecular formula is C7H10CaO4S. The third-order valence-electron chi connectivity index (χ3n) is 1.35. The van der Waals surface area contributed by atoms with Gasteiger partial charge in [0.05, 0.1) is 7.11 Å². The van der Waals surface area contributed by atoms with Gasteiger partial charge in [-0.2, -0.15) is 8.42 Å². The Morgan fingerprint density at radius 1 is 1.38 bits per heavy atom. The summed E-state index contributed by atoms with van der Waals surface area (Å²) >= 11 is 0. The molecule has 0 aliphatic carbocycles. The zero-order valence-corrected chi connectivity index (χ0v) is 10.1.